The number of aryl methyl sites for hydroxylation is 4. The minimum atomic E-state index is 0.562. The molecule has 1 N–H and O–H groups in total. The van der Waals surface area contributed by atoms with E-state index in [1.54, 1.807) is 17.5 Å². The van der Waals surface area contributed by atoms with Gasteiger partial charge in [-0.1, -0.05) is 11.6 Å². The van der Waals surface area contributed by atoms with Gasteiger partial charge in [0, 0.05) is 17.8 Å². The Morgan fingerprint density at radius 3 is 2.74 bits per heavy atom. The molecule has 0 bridgehead atoms. The lowest BCUT2D eigenvalue weighted by atomic mass is 10.3. The van der Waals surface area contributed by atoms with Crippen LogP contribution in [0.3, 0.4) is 0 Å². The zero-order valence-electron chi connectivity index (χ0n) is 11.3. The average Bonchev–Trinajstić information content (AvgIpc) is 2.68. The summed E-state index contributed by atoms with van der Waals surface area (Å²) >= 11 is 7.79. The molecule has 0 atom stereocenters. The fourth-order valence-electron chi connectivity index (χ4n) is 1.67. The average molecular weight is 297 g/mol. The molecule has 0 aliphatic rings. The Bertz CT molecular complexity index is 548. The first-order valence-corrected chi connectivity index (χ1v) is 7.41. The third kappa shape index (κ3) is 3.88. The van der Waals surface area contributed by atoms with E-state index in [2.05, 4.69) is 34.1 Å². The van der Waals surface area contributed by atoms with Crippen LogP contribution in [0.1, 0.15) is 27.8 Å². The molecule has 2 heterocycles. The standard InChI is InChI=1S/C13H17ClN4S/c1-8-9(2)19-12(17-8)5-4-6-15-13-11(14)7-16-10(3)18-13/h7H,4-6H2,1-3H3,(H,15,16,18). The summed E-state index contributed by atoms with van der Waals surface area (Å²) in [6, 6.07) is 0. The van der Waals surface area contributed by atoms with Crippen molar-refractivity contribution in [1.29, 1.82) is 0 Å². The Labute approximate surface area is 122 Å². The molecule has 2 rings (SSSR count). The van der Waals surface area contributed by atoms with Crippen LogP contribution in [0.4, 0.5) is 5.82 Å². The Balaban J connectivity index is 1.82. The highest BCUT2D eigenvalue weighted by Gasteiger charge is 2.05. The van der Waals surface area contributed by atoms with E-state index in [0.717, 1.165) is 30.9 Å². The number of rotatable bonds is 5. The van der Waals surface area contributed by atoms with Crippen molar-refractivity contribution in [3.05, 3.63) is 32.6 Å². The van der Waals surface area contributed by atoms with Gasteiger partial charge in [0.25, 0.3) is 0 Å². The number of anilines is 1. The van der Waals surface area contributed by atoms with Crippen LogP contribution in [0.5, 0.6) is 0 Å². The van der Waals surface area contributed by atoms with Crippen LogP contribution in [0.15, 0.2) is 6.20 Å². The molecule has 0 aliphatic heterocycles. The van der Waals surface area contributed by atoms with E-state index in [1.165, 1.54) is 9.88 Å². The van der Waals surface area contributed by atoms with Gasteiger partial charge in [-0.3, -0.25) is 0 Å². The first kappa shape index (κ1) is 14.2. The number of thiazole rings is 1. The third-order valence-electron chi connectivity index (χ3n) is 2.80. The molecule has 2 aromatic rings. The number of aromatic nitrogens is 3. The topological polar surface area (TPSA) is 50.7 Å². The van der Waals surface area contributed by atoms with E-state index in [-0.39, 0.29) is 0 Å². The summed E-state index contributed by atoms with van der Waals surface area (Å²) in [4.78, 5) is 14.1. The molecule has 19 heavy (non-hydrogen) atoms. The lowest BCUT2D eigenvalue weighted by Crippen LogP contribution is -2.06. The zero-order chi connectivity index (χ0) is 13.8. The molecule has 0 radical (unpaired) electrons. The third-order valence-corrected chi connectivity index (χ3v) is 4.21. The first-order chi connectivity index (χ1) is 9.06. The Morgan fingerprint density at radius 2 is 2.05 bits per heavy atom. The van der Waals surface area contributed by atoms with Gasteiger partial charge in [0.05, 0.1) is 16.9 Å². The Kier molecular flexibility index (Phi) is 4.71. The van der Waals surface area contributed by atoms with Crippen molar-refractivity contribution in [3.8, 4) is 0 Å². The second kappa shape index (κ2) is 6.30. The number of nitrogens with zero attached hydrogens (tertiary/aromatic N) is 3. The summed E-state index contributed by atoms with van der Waals surface area (Å²) in [7, 11) is 0. The highest BCUT2D eigenvalue weighted by Crippen LogP contribution is 2.19. The quantitative estimate of drug-likeness (QED) is 0.857. The van der Waals surface area contributed by atoms with Crippen molar-refractivity contribution in [2.24, 2.45) is 0 Å². The molecule has 0 aromatic carbocycles. The van der Waals surface area contributed by atoms with Crippen LogP contribution in [-0.2, 0) is 6.42 Å². The SMILES string of the molecule is Cc1ncc(Cl)c(NCCCc2nc(C)c(C)s2)n1. The summed E-state index contributed by atoms with van der Waals surface area (Å²) in [5.41, 5.74) is 1.14. The number of halogens is 1. The Hall–Kier alpha value is -1.20. The summed E-state index contributed by atoms with van der Waals surface area (Å²) in [6.07, 6.45) is 3.61. The molecule has 2 aromatic heterocycles. The number of nitrogens with one attached hydrogen (secondary N) is 1. The van der Waals surface area contributed by atoms with Gasteiger partial charge < -0.3 is 5.32 Å². The predicted molar refractivity (Wildman–Crippen MR) is 80.2 cm³/mol. The summed E-state index contributed by atoms with van der Waals surface area (Å²) in [5, 5.41) is 5.00. The van der Waals surface area contributed by atoms with E-state index in [0.29, 0.717) is 10.8 Å². The molecule has 0 saturated carbocycles. The van der Waals surface area contributed by atoms with Crippen LogP contribution >= 0.6 is 22.9 Å². The molecule has 0 amide bonds. The number of hydrogen-bond donors (Lipinski definition) is 1. The Morgan fingerprint density at radius 1 is 1.26 bits per heavy atom. The van der Waals surface area contributed by atoms with Crippen molar-refractivity contribution >= 4 is 28.8 Å². The molecular formula is C13H17ClN4S. The van der Waals surface area contributed by atoms with Crippen molar-refractivity contribution in [2.45, 2.75) is 33.6 Å². The van der Waals surface area contributed by atoms with Crippen LogP contribution < -0.4 is 5.32 Å². The lowest BCUT2D eigenvalue weighted by molar-refractivity contribution is 0.845. The van der Waals surface area contributed by atoms with Crippen molar-refractivity contribution in [1.82, 2.24) is 15.0 Å². The lowest BCUT2D eigenvalue weighted by Gasteiger charge is -2.06. The van der Waals surface area contributed by atoms with E-state index < -0.39 is 0 Å². The number of hydrogen-bond acceptors (Lipinski definition) is 5. The second-order valence-electron chi connectivity index (χ2n) is 4.39. The fourth-order valence-corrected chi connectivity index (χ4v) is 2.81. The van der Waals surface area contributed by atoms with Crippen LogP contribution in [0, 0.1) is 20.8 Å². The van der Waals surface area contributed by atoms with Crippen LogP contribution in [0.25, 0.3) is 0 Å². The molecule has 0 unspecified atom stereocenters. The van der Waals surface area contributed by atoms with Gasteiger partial charge >= 0.3 is 0 Å². The molecule has 6 heteroatoms. The largest absolute Gasteiger partial charge is 0.369 e. The van der Waals surface area contributed by atoms with Gasteiger partial charge in [0.15, 0.2) is 0 Å². The first-order valence-electron chi connectivity index (χ1n) is 6.22. The van der Waals surface area contributed by atoms with Gasteiger partial charge in [-0.05, 0) is 27.2 Å². The van der Waals surface area contributed by atoms with Gasteiger partial charge in [-0.25, -0.2) is 15.0 Å². The zero-order valence-corrected chi connectivity index (χ0v) is 12.9. The second-order valence-corrected chi connectivity index (χ2v) is 6.09. The summed E-state index contributed by atoms with van der Waals surface area (Å²) in [6.45, 7) is 6.84. The summed E-state index contributed by atoms with van der Waals surface area (Å²) < 4.78 is 0. The van der Waals surface area contributed by atoms with E-state index in [4.69, 9.17) is 11.6 Å². The van der Waals surface area contributed by atoms with Crippen molar-refractivity contribution < 1.29 is 0 Å². The molecule has 0 fully saturated rings. The van der Waals surface area contributed by atoms with E-state index >= 15 is 0 Å². The molecule has 0 aliphatic carbocycles. The highest BCUT2D eigenvalue weighted by molar-refractivity contribution is 7.11. The summed E-state index contributed by atoms with van der Waals surface area (Å²) in [5.74, 6) is 1.43. The van der Waals surface area contributed by atoms with Crippen molar-refractivity contribution in [3.63, 3.8) is 0 Å². The smallest absolute Gasteiger partial charge is 0.148 e. The maximum absolute atomic E-state index is 6.02. The molecule has 0 saturated heterocycles. The van der Waals surface area contributed by atoms with Crippen LogP contribution in [-0.4, -0.2) is 21.5 Å². The van der Waals surface area contributed by atoms with E-state index in [1.807, 2.05) is 6.92 Å². The molecule has 4 nitrogen and oxygen atoms in total. The maximum Gasteiger partial charge on any atom is 0.148 e. The molecule has 102 valence electrons. The van der Waals surface area contributed by atoms with Crippen molar-refractivity contribution in [2.75, 3.05) is 11.9 Å². The maximum atomic E-state index is 6.02. The molecule has 0 spiro atoms. The fraction of sp³-hybridized carbons (Fsp3) is 0.462. The molecular weight excluding hydrogens is 280 g/mol. The predicted octanol–water partition coefficient (Wildman–Crippen LogP) is 3.56. The van der Waals surface area contributed by atoms with E-state index in [9.17, 15) is 0 Å². The van der Waals surface area contributed by atoms with Crippen LogP contribution in [0.2, 0.25) is 5.02 Å². The van der Waals surface area contributed by atoms with Gasteiger partial charge in [0.2, 0.25) is 0 Å². The monoisotopic (exact) mass is 296 g/mol. The van der Waals surface area contributed by atoms with Gasteiger partial charge in [-0.2, -0.15) is 0 Å². The normalized spacial score (nSPS) is 10.7. The van der Waals surface area contributed by atoms with Gasteiger partial charge in [-0.15, -0.1) is 11.3 Å². The van der Waals surface area contributed by atoms with Gasteiger partial charge in [0.1, 0.15) is 16.7 Å². The minimum Gasteiger partial charge on any atom is -0.369 e. The minimum absolute atomic E-state index is 0.562. The highest BCUT2D eigenvalue weighted by atomic mass is 35.5.